The number of hydrogen-bond acceptors (Lipinski definition) is 4. The van der Waals surface area contributed by atoms with Crippen LogP contribution in [0.5, 0.6) is 0 Å². The van der Waals surface area contributed by atoms with E-state index in [0.717, 1.165) is 51.9 Å². The van der Waals surface area contributed by atoms with E-state index < -0.39 is 6.29 Å². The van der Waals surface area contributed by atoms with Crippen LogP contribution < -0.4 is 5.49 Å². The van der Waals surface area contributed by atoms with Crippen molar-refractivity contribution in [3.63, 3.8) is 0 Å². The van der Waals surface area contributed by atoms with Gasteiger partial charge in [-0.3, -0.25) is 0 Å². The molecular weight excluding hydrogens is 575 g/mol. The van der Waals surface area contributed by atoms with Crippen LogP contribution in [-0.4, -0.2) is 34.6 Å². The Balaban J connectivity index is 1.82. The Bertz CT molecular complexity index is 1530. The Morgan fingerprint density at radius 2 is 1.43 bits per heavy atom. The third kappa shape index (κ3) is 5.25. The lowest BCUT2D eigenvalue weighted by molar-refractivity contribution is -0.111. The van der Waals surface area contributed by atoms with Gasteiger partial charge >= 0.3 is 0 Å². The Hall–Kier alpha value is -3.27. The molecule has 0 fully saturated rings. The molecule has 0 aliphatic carbocycles. The summed E-state index contributed by atoms with van der Waals surface area (Å²) in [7, 11) is 3.29. The molecule has 188 valence electrons. The fraction of sp³-hybridized carbons (Fsp3) is 0.200. The molecule has 0 radical (unpaired) electrons. The van der Waals surface area contributed by atoms with Crippen molar-refractivity contribution in [1.29, 1.82) is 0 Å². The molecular formula is C30H29IN4O2. The van der Waals surface area contributed by atoms with Crippen LogP contribution in [0.25, 0.3) is 33.4 Å². The first kappa shape index (κ1) is 25.4. The van der Waals surface area contributed by atoms with E-state index in [1.54, 1.807) is 14.2 Å². The number of ether oxygens (including phenoxy) is 2. The van der Waals surface area contributed by atoms with E-state index in [9.17, 15) is 0 Å². The minimum atomic E-state index is -0.407. The maximum absolute atomic E-state index is 5.50. The summed E-state index contributed by atoms with van der Waals surface area (Å²) in [4.78, 5) is 5.01. The van der Waals surface area contributed by atoms with Crippen LogP contribution in [0, 0.1) is 0 Å². The average molecular weight is 604 g/mol. The van der Waals surface area contributed by atoms with Gasteiger partial charge in [0.05, 0.1) is 46.8 Å². The lowest BCUT2D eigenvalue weighted by Gasteiger charge is -2.16. The van der Waals surface area contributed by atoms with Crippen molar-refractivity contribution in [2.75, 3.05) is 14.2 Å². The Morgan fingerprint density at radius 3 is 2.03 bits per heavy atom. The normalized spacial score (nSPS) is 12.1. The van der Waals surface area contributed by atoms with Crippen molar-refractivity contribution in [1.82, 2.24) is 14.1 Å². The van der Waals surface area contributed by atoms with E-state index in [0.29, 0.717) is 6.54 Å². The average Bonchev–Trinajstić information content (AvgIpc) is 3.30. The number of fused-ring (bicyclic) bond motifs is 1. The summed E-state index contributed by atoms with van der Waals surface area (Å²) in [6.07, 6.45) is 2.32. The predicted octanol–water partition coefficient (Wildman–Crippen LogP) is 6.28. The minimum absolute atomic E-state index is 0.407. The Labute approximate surface area is 230 Å². The molecule has 0 N–H and O–H groups in total. The van der Waals surface area contributed by atoms with Crippen LogP contribution in [-0.2, 0) is 29.0 Å². The molecule has 0 atom stereocenters. The largest absolute Gasteiger partial charge is 0.354 e. The number of aromatic nitrogens is 3. The molecule has 7 heteroatoms. The third-order valence-electron chi connectivity index (χ3n) is 6.58. The molecule has 0 saturated carbocycles. The van der Waals surface area contributed by atoms with Crippen LogP contribution in [0.15, 0.2) is 101 Å². The van der Waals surface area contributed by atoms with Gasteiger partial charge in [-0.05, 0) is 23.1 Å². The van der Waals surface area contributed by atoms with E-state index in [4.69, 9.17) is 17.7 Å². The SMILES string of the molecule is COC(Cn1cnc2c(c(-c3ccccc3)c(-c3ccccc3)n2CCc2ccccc2)/c1=N/I)OC. The molecule has 5 rings (SSSR count). The molecule has 6 nitrogen and oxygen atoms in total. The molecule has 0 spiro atoms. The van der Waals surface area contributed by atoms with Gasteiger partial charge in [-0.25, -0.2) is 4.98 Å². The number of halogens is 1. The second-order valence-corrected chi connectivity index (χ2v) is 9.23. The maximum Gasteiger partial charge on any atom is 0.174 e. The van der Waals surface area contributed by atoms with Gasteiger partial charge in [0.25, 0.3) is 0 Å². The summed E-state index contributed by atoms with van der Waals surface area (Å²) < 4.78 is 20.1. The van der Waals surface area contributed by atoms with Crippen LogP contribution in [0.4, 0.5) is 0 Å². The second kappa shape index (κ2) is 11.9. The highest BCUT2D eigenvalue weighted by atomic mass is 127. The zero-order chi connectivity index (χ0) is 25.6. The smallest absolute Gasteiger partial charge is 0.174 e. The third-order valence-corrected chi connectivity index (χ3v) is 7.04. The molecule has 2 heterocycles. The number of methoxy groups -OCH3 is 2. The molecule has 3 aromatic carbocycles. The van der Waals surface area contributed by atoms with Gasteiger partial charge in [-0.1, -0.05) is 91.0 Å². The van der Waals surface area contributed by atoms with Crippen molar-refractivity contribution in [2.24, 2.45) is 3.21 Å². The van der Waals surface area contributed by atoms with Crippen LogP contribution in [0.3, 0.4) is 0 Å². The zero-order valence-electron chi connectivity index (χ0n) is 20.9. The lowest BCUT2D eigenvalue weighted by Crippen LogP contribution is -2.29. The summed E-state index contributed by atoms with van der Waals surface area (Å²) in [5, 5.41) is 1.01. The Kier molecular flexibility index (Phi) is 8.13. The second-order valence-electron chi connectivity index (χ2n) is 8.75. The van der Waals surface area contributed by atoms with E-state index in [-0.39, 0.29) is 0 Å². The minimum Gasteiger partial charge on any atom is -0.354 e. The molecule has 0 unspecified atom stereocenters. The molecule has 0 bridgehead atoms. The quantitative estimate of drug-likeness (QED) is 0.147. The van der Waals surface area contributed by atoms with Gasteiger partial charge in [0.1, 0.15) is 5.65 Å². The first-order valence-corrected chi connectivity index (χ1v) is 13.2. The van der Waals surface area contributed by atoms with E-state index in [1.807, 2.05) is 17.0 Å². The first-order valence-electron chi connectivity index (χ1n) is 12.2. The fourth-order valence-corrected chi connectivity index (χ4v) is 5.31. The number of hydrogen-bond donors (Lipinski definition) is 0. The predicted molar refractivity (Wildman–Crippen MR) is 156 cm³/mol. The van der Waals surface area contributed by atoms with Crippen molar-refractivity contribution in [3.8, 4) is 22.4 Å². The van der Waals surface area contributed by atoms with Gasteiger partial charge in [-0.15, -0.1) is 0 Å². The molecule has 37 heavy (non-hydrogen) atoms. The number of benzene rings is 3. The van der Waals surface area contributed by atoms with Crippen LogP contribution >= 0.6 is 22.9 Å². The summed E-state index contributed by atoms with van der Waals surface area (Å²) in [6, 6.07) is 31.7. The van der Waals surface area contributed by atoms with Gasteiger partial charge in [0, 0.05) is 26.3 Å². The summed E-state index contributed by atoms with van der Waals surface area (Å²) in [6.45, 7) is 1.26. The van der Waals surface area contributed by atoms with E-state index >= 15 is 0 Å². The highest BCUT2D eigenvalue weighted by molar-refractivity contribution is 14.1. The highest BCUT2D eigenvalue weighted by Gasteiger charge is 2.24. The monoisotopic (exact) mass is 604 g/mol. The van der Waals surface area contributed by atoms with Crippen molar-refractivity contribution in [2.45, 2.75) is 25.8 Å². The van der Waals surface area contributed by atoms with Gasteiger partial charge < -0.3 is 18.6 Å². The van der Waals surface area contributed by atoms with E-state index in [2.05, 4.69) is 112 Å². The number of nitrogens with zero attached hydrogens (tertiary/aromatic N) is 4. The molecule has 2 aromatic heterocycles. The van der Waals surface area contributed by atoms with Crippen molar-refractivity contribution in [3.05, 3.63) is 108 Å². The van der Waals surface area contributed by atoms with Gasteiger partial charge in [0.15, 0.2) is 11.8 Å². The number of rotatable bonds is 9. The Morgan fingerprint density at radius 1 is 0.838 bits per heavy atom. The van der Waals surface area contributed by atoms with Crippen molar-refractivity contribution >= 4 is 33.9 Å². The standard InChI is InChI=1S/C30H29IN4O2/c1-36-25(37-2)20-34-21-32-29-27(30(34)33-31)26(23-14-8-4-9-15-23)28(24-16-10-5-11-17-24)35(29)19-18-22-12-6-3-7-13-22/h3-17,21,25H,18-20H2,1-2H3/b33-30-. The summed E-state index contributed by atoms with van der Waals surface area (Å²) >= 11 is 2.09. The summed E-state index contributed by atoms with van der Waals surface area (Å²) in [5.74, 6) is 0. The molecule has 0 aliphatic heterocycles. The first-order chi connectivity index (χ1) is 18.2. The topological polar surface area (TPSA) is 53.6 Å². The van der Waals surface area contributed by atoms with E-state index in [1.165, 1.54) is 5.56 Å². The van der Waals surface area contributed by atoms with Gasteiger partial charge in [-0.2, -0.15) is 3.21 Å². The molecule has 0 amide bonds. The highest BCUT2D eigenvalue weighted by Crippen LogP contribution is 2.39. The maximum atomic E-state index is 5.50. The van der Waals surface area contributed by atoms with Crippen molar-refractivity contribution < 1.29 is 9.47 Å². The van der Waals surface area contributed by atoms with Crippen LogP contribution in [0.1, 0.15) is 5.56 Å². The molecule has 5 aromatic rings. The van der Waals surface area contributed by atoms with Crippen LogP contribution in [0.2, 0.25) is 0 Å². The lowest BCUT2D eigenvalue weighted by atomic mass is 9.99. The summed E-state index contributed by atoms with van der Waals surface area (Å²) in [5.41, 5.74) is 7.56. The fourth-order valence-electron chi connectivity index (χ4n) is 4.79. The number of aryl methyl sites for hydroxylation is 2. The van der Waals surface area contributed by atoms with Gasteiger partial charge in [0.2, 0.25) is 0 Å². The molecule has 0 aliphatic rings. The molecule has 0 saturated heterocycles. The zero-order valence-corrected chi connectivity index (χ0v) is 23.1.